The molecule has 76 valence electrons. The molecule has 0 atom stereocenters. The van der Waals surface area contributed by atoms with E-state index < -0.39 is 5.91 Å². The predicted molar refractivity (Wildman–Crippen MR) is 57.9 cm³/mol. The third-order valence-corrected chi connectivity index (χ3v) is 2.22. The van der Waals surface area contributed by atoms with Gasteiger partial charge in [0.2, 0.25) is 5.91 Å². The van der Waals surface area contributed by atoms with Crippen LogP contribution in [0.3, 0.4) is 0 Å². The highest BCUT2D eigenvalue weighted by atomic mass is 79.9. The molecular formula is C9H11BrN2O2. The molecular weight excluding hydrogens is 248 g/mol. The molecule has 1 aromatic carbocycles. The average Bonchev–Trinajstić information content (AvgIpc) is 2.09. The first-order valence-corrected chi connectivity index (χ1v) is 4.85. The maximum atomic E-state index is 10.5. The minimum Gasteiger partial charge on any atom is -0.490 e. The van der Waals surface area contributed by atoms with Crippen molar-refractivity contribution in [3.63, 3.8) is 0 Å². The van der Waals surface area contributed by atoms with Gasteiger partial charge in [0.25, 0.3) is 0 Å². The van der Waals surface area contributed by atoms with E-state index in [9.17, 15) is 4.79 Å². The average molecular weight is 259 g/mol. The summed E-state index contributed by atoms with van der Waals surface area (Å²) in [7, 11) is 0. The number of carbonyl (C=O) groups is 1. The number of nitrogens with two attached hydrogens (primary N) is 2. The number of nitrogen functional groups attached to an aromatic ring is 1. The van der Waals surface area contributed by atoms with Crippen LogP contribution < -0.4 is 16.2 Å². The van der Waals surface area contributed by atoms with Crippen LogP contribution in [0.4, 0.5) is 5.69 Å². The molecule has 0 saturated heterocycles. The summed E-state index contributed by atoms with van der Waals surface area (Å²) in [6.45, 7) is 0.238. The van der Waals surface area contributed by atoms with Gasteiger partial charge in [-0.1, -0.05) is 6.07 Å². The molecule has 0 saturated carbocycles. The van der Waals surface area contributed by atoms with E-state index >= 15 is 0 Å². The number of halogens is 1. The number of hydrogen-bond donors (Lipinski definition) is 2. The quantitative estimate of drug-likeness (QED) is 0.799. The molecule has 14 heavy (non-hydrogen) atoms. The van der Waals surface area contributed by atoms with Gasteiger partial charge in [0.1, 0.15) is 0 Å². The van der Waals surface area contributed by atoms with Crippen molar-refractivity contribution in [3.8, 4) is 5.75 Å². The number of hydrogen-bond acceptors (Lipinski definition) is 3. The van der Waals surface area contributed by atoms with Crippen LogP contribution in [0, 0.1) is 0 Å². The Kier molecular flexibility index (Phi) is 3.76. The van der Waals surface area contributed by atoms with E-state index in [1.807, 2.05) is 6.07 Å². The number of anilines is 1. The normalized spacial score (nSPS) is 9.79. The fraction of sp³-hybridized carbons (Fsp3) is 0.222. The summed E-state index contributed by atoms with van der Waals surface area (Å²) in [5.41, 5.74) is 11.2. The van der Waals surface area contributed by atoms with Crippen molar-refractivity contribution in [1.29, 1.82) is 0 Å². The van der Waals surface area contributed by atoms with Crippen LogP contribution >= 0.6 is 15.9 Å². The van der Waals surface area contributed by atoms with E-state index in [0.717, 1.165) is 4.47 Å². The molecule has 0 spiro atoms. The lowest BCUT2D eigenvalue weighted by Gasteiger charge is -2.09. The molecule has 5 heteroatoms. The Balaban J connectivity index is 2.62. The summed E-state index contributed by atoms with van der Waals surface area (Å²) in [5.74, 6) is 0.157. The van der Waals surface area contributed by atoms with Crippen LogP contribution in [0.2, 0.25) is 0 Å². The first-order chi connectivity index (χ1) is 6.61. The van der Waals surface area contributed by atoms with Crippen LogP contribution in [0.5, 0.6) is 5.75 Å². The molecule has 0 aliphatic heterocycles. The second-order valence-corrected chi connectivity index (χ2v) is 3.58. The van der Waals surface area contributed by atoms with Crippen molar-refractivity contribution in [2.75, 3.05) is 12.3 Å². The van der Waals surface area contributed by atoms with Crippen molar-refractivity contribution in [2.24, 2.45) is 5.73 Å². The Hall–Kier alpha value is -1.23. The van der Waals surface area contributed by atoms with Gasteiger partial charge in [0.15, 0.2) is 5.75 Å². The number of ether oxygens (including phenoxy) is 1. The van der Waals surface area contributed by atoms with Crippen molar-refractivity contribution < 1.29 is 9.53 Å². The van der Waals surface area contributed by atoms with E-state index in [-0.39, 0.29) is 13.0 Å². The maximum Gasteiger partial charge on any atom is 0.220 e. The molecule has 0 aromatic heterocycles. The highest BCUT2D eigenvalue weighted by molar-refractivity contribution is 9.10. The van der Waals surface area contributed by atoms with Gasteiger partial charge in [-0.05, 0) is 28.1 Å². The summed E-state index contributed by atoms with van der Waals surface area (Å²) in [6, 6.07) is 5.35. The van der Waals surface area contributed by atoms with Gasteiger partial charge >= 0.3 is 0 Å². The minimum atomic E-state index is -0.393. The van der Waals surface area contributed by atoms with E-state index in [4.69, 9.17) is 16.2 Å². The van der Waals surface area contributed by atoms with E-state index in [0.29, 0.717) is 11.4 Å². The topological polar surface area (TPSA) is 78.3 Å². The molecule has 1 aromatic rings. The van der Waals surface area contributed by atoms with E-state index in [2.05, 4.69) is 15.9 Å². The number of amides is 1. The first kappa shape index (κ1) is 10.8. The minimum absolute atomic E-state index is 0.181. The Morgan fingerprint density at radius 1 is 1.50 bits per heavy atom. The Labute approximate surface area is 90.3 Å². The molecule has 0 unspecified atom stereocenters. The molecule has 0 heterocycles. The largest absolute Gasteiger partial charge is 0.490 e. The lowest BCUT2D eigenvalue weighted by molar-refractivity contribution is -0.118. The maximum absolute atomic E-state index is 10.5. The standard InChI is InChI=1S/C9H11BrN2O2/c10-6-2-1-3-7(11)9(6)14-5-4-8(12)13/h1-3H,4-5,11H2,(H2,12,13). The van der Waals surface area contributed by atoms with Crippen LogP contribution in [0.15, 0.2) is 22.7 Å². The van der Waals surface area contributed by atoms with Crippen molar-refractivity contribution in [2.45, 2.75) is 6.42 Å². The Morgan fingerprint density at radius 2 is 2.21 bits per heavy atom. The molecule has 0 bridgehead atoms. The zero-order valence-corrected chi connectivity index (χ0v) is 9.08. The number of primary amides is 1. The van der Waals surface area contributed by atoms with E-state index in [1.54, 1.807) is 12.1 Å². The Bertz CT molecular complexity index is 321. The van der Waals surface area contributed by atoms with Gasteiger partial charge in [-0.15, -0.1) is 0 Å². The van der Waals surface area contributed by atoms with Gasteiger partial charge in [0.05, 0.1) is 23.2 Å². The lowest BCUT2D eigenvalue weighted by Crippen LogP contribution is -2.15. The molecule has 1 amide bonds. The fourth-order valence-electron chi connectivity index (χ4n) is 0.931. The molecule has 0 fully saturated rings. The number of benzene rings is 1. The highest BCUT2D eigenvalue weighted by Gasteiger charge is 2.05. The predicted octanol–water partition coefficient (Wildman–Crippen LogP) is 1.29. The number of rotatable bonds is 4. The highest BCUT2D eigenvalue weighted by Crippen LogP contribution is 2.30. The molecule has 0 radical (unpaired) electrons. The summed E-state index contributed by atoms with van der Waals surface area (Å²) >= 11 is 3.29. The summed E-state index contributed by atoms with van der Waals surface area (Å²) in [6.07, 6.45) is 0.181. The summed E-state index contributed by atoms with van der Waals surface area (Å²) < 4.78 is 6.07. The Morgan fingerprint density at radius 3 is 2.79 bits per heavy atom. The van der Waals surface area contributed by atoms with Gasteiger partial charge < -0.3 is 16.2 Å². The SMILES string of the molecule is NC(=O)CCOc1c(N)cccc1Br. The smallest absolute Gasteiger partial charge is 0.220 e. The second-order valence-electron chi connectivity index (χ2n) is 2.72. The van der Waals surface area contributed by atoms with Gasteiger partial charge in [-0.2, -0.15) is 0 Å². The summed E-state index contributed by atoms with van der Waals surface area (Å²) in [4.78, 5) is 10.5. The molecule has 0 aliphatic rings. The zero-order chi connectivity index (χ0) is 10.6. The van der Waals surface area contributed by atoms with Crippen molar-refractivity contribution in [3.05, 3.63) is 22.7 Å². The lowest BCUT2D eigenvalue weighted by atomic mass is 10.3. The third-order valence-electron chi connectivity index (χ3n) is 1.59. The van der Waals surface area contributed by atoms with Crippen LogP contribution in [-0.4, -0.2) is 12.5 Å². The molecule has 4 N–H and O–H groups in total. The zero-order valence-electron chi connectivity index (χ0n) is 7.50. The van der Waals surface area contributed by atoms with Crippen LogP contribution in [-0.2, 0) is 4.79 Å². The van der Waals surface area contributed by atoms with Gasteiger partial charge in [-0.25, -0.2) is 0 Å². The number of para-hydroxylation sites is 1. The van der Waals surface area contributed by atoms with Crippen molar-refractivity contribution in [1.82, 2.24) is 0 Å². The monoisotopic (exact) mass is 258 g/mol. The second kappa shape index (κ2) is 4.85. The van der Waals surface area contributed by atoms with Gasteiger partial charge in [0, 0.05) is 0 Å². The van der Waals surface area contributed by atoms with Crippen LogP contribution in [0.25, 0.3) is 0 Å². The number of carbonyl (C=O) groups excluding carboxylic acids is 1. The summed E-state index contributed by atoms with van der Waals surface area (Å²) in [5, 5.41) is 0. The molecule has 1 rings (SSSR count). The van der Waals surface area contributed by atoms with Gasteiger partial charge in [-0.3, -0.25) is 4.79 Å². The fourth-order valence-corrected chi connectivity index (χ4v) is 1.43. The molecule has 0 aliphatic carbocycles. The van der Waals surface area contributed by atoms with Crippen molar-refractivity contribution >= 4 is 27.5 Å². The molecule has 4 nitrogen and oxygen atoms in total. The van der Waals surface area contributed by atoms with E-state index in [1.165, 1.54) is 0 Å². The van der Waals surface area contributed by atoms with Crippen LogP contribution in [0.1, 0.15) is 6.42 Å². The third kappa shape index (κ3) is 2.92. The first-order valence-electron chi connectivity index (χ1n) is 4.06.